The monoisotopic (exact) mass is 413 g/mol. The predicted molar refractivity (Wildman–Crippen MR) is 131 cm³/mol. The Bertz CT molecular complexity index is 1120. The van der Waals surface area contributed by atoms with Gasteiger partial charge in [-0.3, -0.25) is 0 Å². The van der Waals surface area contributed by atoms with Crippen molar-refractivity contribution in [3.63, 3.8) is 0 Å². The van der Waals surface area contributed by atoms with Crippen LogP contribution in [0.25, 0.3) is 0 Å². The summed E-state index contributed by atoms with van der Waals surface area (Å²) in [5.41, 5.74) is 7.46. The quantitative estimate of drug-likeness (QED) is 0.519. The predicted octanol–water partition coefficient (Wildman–Crippen LogP) is 5.48. The third-order valence-electron chi connectivity index (χ3n) is 7.07. The Labute approximate surface area is 186 Å². The molecule has 2 aromatic carbocycles. The number of allylic oxidation sites excluding steroid dienone is 6. The molecule has 3 nitrogen and oxygen atoms in total. The van der Waals surface area contributed by atoms with Crippen LogP contribution in [0.4, 0.5) is 11.4 Å². The summed E-state index contributed by atoms with van der Waals surface area (Å²) in [4.78, 5) is 2.25. The number of aliphatic hydroxyl groups is 1. The van der Waals surface area contributed by atoms with Gasteiger partial charge in [-0.2, -0.15) is 4.58 Å². The van der Waals surface area contributed by atoms with Crippen molar-refractivity contribution in [2.45, 2.75) is 38.0 Å². The minimum absolute atomic E-state index is 0.0127. The molecule has 31 heavy (non-hydrogen) atoms. The van der Waals surface area contributed by atoms with Gasteiger partial charge in [0.25, 0.3) is 0 Å². The van der Waals surface area contributed by atoms with Crippen molar-refractivity contribution in [1.82, 2.24) is 0 Å². The molecule has 0 fully saturated rings. The van der Waals surface area contributed by atoms with E-state index in [2.05, 4.69) is 123 Å². The number of hydrogen-bond donors (Lipinski definition) is 1. The molecule has 0 bridgehead atoms. The van der Waals surface area contributed by atoms with Crippen LogP contribution < -0.4 is 4.90 Å². The van der Waals surface area contributed by atoms with Crippen LogP contribution in [0.15, 0.2) is 84.6 Å². The van der Waals surface area contributed by atoms with Gasteiger partial charge in [0.1, 0.15) is 7.05 Å². The molecule has 2 aliphatic rings. The summed E-state index contributed by atoms with van der Waals surface area (Å²) < 4.78 is 2.29. The second-order valence-corrected chi connectivity index (χ2v) is 9.26. The maximum absolute atomic E-state index is 9.72. The summed E-state index contributed by atoms with van der Waals surface area (Å²) in [7, 11) is 4.25. The van der Waals surface area contributed by atoms with Gasteiger partial charge in [-0.25, -0.2) is 0 Å². The topological polar surface area (TPSA) is 26.5 Å². The summed E-state index contributed by atoms with van der Waals surface area (Å²) in [5, 5.41) is 9.72. The minimum atomic E-state index is -0.182. The number of fused-ring (bicyclic) bond motifs is 2. The maximum Gasteiger partial charge on any atom is 0.209 e. The summed E-state index contributed by atoms with van der Waals surface area (Å²) in [6.07, 6.45) is 11.4. The fraction of sp³-hybridized carbons (Fsp3) is 0.321. The van der Waals surface area contributed by atoms with Crippen LogP contribution in [0.5, 0.6) is 0 Å². The molecule has 0 radical (unpaired) electrons. The van der Waals surface area contributed by atoms with Gasteiger partial charge in [-0.1, -0.05) is 54.6 Å². The molecule has 0 aromatic heterocycles. The van der Waals surface area contributed by atoms with E-state index in [4.69, 9.17) is 0 Å². The lowest BCUT2D eigenvalue weighted by Gasteiger charge is -2.27. The average Bonchev–Trinajstić information content (AvgIpc) is 3.09. The molecule has 2 aliphatic heterocycles. The van der Waals surface area contributed by atoms with Gasteiger partial charge in [0, 0.05) is 48.2 Å². The third kappa shape index (κ3) is 3.37. The number of anilines is 1. The first-order valence-electron chi connectivity index (χ1n) is 11.0. The fourth-order valence-electron chi connectivity index (χ4n) is 5.31. The Kier molecular flexibility index (Phi) is 5.49. The maximum atomic E-state index is 9.72. The van der Waals surface area contributed by atoms with Crippen LogP contribution in [0.3, 0.4) is 0 Å². The fourth-order valence-corrected chi connectivity index (χ4v) is 5.31. The first kappa shape index (κ1) is 21.3. The molecular weight excluding hydrogens is 380 g/mol. The molecule has 0 saturated carbocycles. The van der Waals surface area contributed by atoms with Crippen molar-refractivity contribution < 1.29 is 9.68 Å². The second-order valence-electron chi connectivity index (χ2n) is 9.26. The summed E-state index contributed by atoms with van der Waals surface area (Å²) >= 11 is 0. The summed E-state index contributed by atoms with van der Waals surface area (Å²) in [5.74, 6) is 0. The number of para-hydroxylation sites is 2. The molecule has 0 spiro atoms. The average molecular weight is 414 g/mol. The van der Waals surface area contributed by atoms with Crippen LogP contribution in [0, 0.1) is 0 Å². The Morgan fingerprint density at radius 1 is 0.935 bits per heavy atom. The molecule has 1 atom stereocenters. The second kappa shape index (κ2) is 7.97. The molecule has 0 aliphatic carbocycles. The zero-order valence-electron chi connectivity index (χ0n) is 19.3. The van der Waals surface area contributed by atoms with Crippen molar-refractivity contribution in [2.24, 2.45) is 0 Å². The molecule has 2 aromatic rings. The zero-order chi connectivity index (χ0) is 22.2. The normalized spacial score (nSPS) is 23.4. The lowest BCUT2D eigenvalue weighted by atomic mass is 9.79. The molecule has 2 heterocycles. The standard InChI is InChI=1S/C28H33N2O/c1-27(2)21-13-9-11-15-23(21)29(4)25(27)17-7-6-8-18-26-28(3,19-20-31)22-14-10-12-16-24(22)30(26)5/h6-18,31H,19-20H2,1-5H3/q+1. The highest BCUT2D eigenvalue weighted by atomic mass is 16.3. The summed E-state index contributed by atoms with van der Waals surface area (Å²) in [6, 6.07) is 17.1. The van der Waals surface area contributed by atoms with Crippen molar-refractivity contribution in [2.75, 3.05) is 25.6 Å². The largest absolute Gasteiger partial charge is 0.396 e. The van der Waals surface area contributed by atoms with E-state index in [1.165, 1.54) is 33.9 Å². The van der Waals surface area contributed by atoms with Gasteiger partial charge in [-0.15, -0.1) is 0 Å². The van der Waals surface area contributed by atoms with Gasteiger partial charge in [0.2, 0.25) is 5.69 Å². The minimum Gasteiger partial charge on any atom is -0.396 e. The Balaban J connectivity index is 1.59. The van der Waals surface area contributed by atoms with Gasteiger partial charge < -0.3 is 10.0 Å². The van der Waals surface area contributed by atoms with Crippen molar-refractivity contribution in [3.8, 4) is 0 Å². The SMILES string of the molecule is CN1/C(=C/C=C/C=C/C2=[N+](C)c3ccccc3C2(C)C)C(C)(CCO)c2ccccc21. The Morgan fingerprint density at radius 2 is 1.61 bits per heavy atom. The number of rotatable bonds is 5. The molecule has 160 valence electrons. The molecule has 4 rings (SSSR count). The van der Waals surface area contributed by atoms with Gasteiger partial charge in [0.15, 0.2) is 5.71 Å². The molecule has 1 N–H and O–H groups in total. The van der Waals surface area contributed by atoms with E-state index in [1.54, 1.807) is 0 Å². The van der Waals surface area contributed by atoms with Crippen molar-refractivity contribution in [1.29, 1.82) is 0 Å². The molecular formula is C28H33N2O+. The smallest absolute Gasteiger partial charge is 0.209 e. The Hall–Kier alpha value is -2.91. The number of likely N-dealkylation sites (N-methyl/N-ethyl adjacent to an activating group) is 1. The van der Waals surface area contributed by atoms with E-state index < -0.39 is 0 Å². The van der Waals surface area contributed by atoms with E-state index in [0.29, 0.717) is 6.42 Å². The van der Waals surface area contributed by atoms with E-state index in [-0.39, 0.29) is 17.4 Å². The first-order valence-corrected chi connectivity index (χ1v) is 11.0. The van der Waals surface area contributed by atoms with Gasteiger partial charge >= 0.3 is 0 Å². The van der Waals surface area contributed by atoms with Crippen LogP contribution in [0.1, 0.15) is 38.3 Å². The van der Waals surface area contributed by atoms with Crippen molar-refractivity contribution >= 4 is 17.1 Å². The summed E-state index contributed by atoms with van der Waals surface area (Å²) in [6.45, 7) is 6.96. The van der Waals surface area contributed by atoms with E-state index in [0.717, 1.165) is 0 Å². The molecule has 1 unspecified atom stereocenters. The lowest BCUT2D eigenvalue weighted by Crippen LogP contribution is -2.27. The molecule has 0 saturated heterocycles. The van der Waals surface area contributed by atoms with Crippen LogP contribution in [-0.4, -0.2) is 36.1 Å². The molecule has 3 heteroatoms. The highest BCUT2D eigenvalue weighted by molar-refractivity contribution is 6.03. The van der Waals surface area contributed by atoms with Crippen molar-refractivity contribution in [3.05, 3.63) is 95.7 Å². The Morgan fingerprint density at radius 3 is 2.32 bits per heavy atom. The van der Waals surface area contributed by atoms with Crippen LogP contribution in [-0.2, 0) is 10.8 Å². The lowest BCUT2D eigenvalue weighted by molar-refractivity contribution is -0.401. The highest BCUT2D eigenvalue weighted by Crippen LogP contribution is 2.48. The zero-order valence-corrected chi connectivity index (χ0v) is 19.3. The number of benzene rings is 2. The third-order valence-corrected chi connectivity index (χ3v) is 7.07. The van der Waals surface area contributed by atoms with Gasteiger partial charge in [-0.05, 0) is 44.9 Å². The number of nitrogens with zero attached hydrogens (tertiary/aromatic N) is 2. The van der Waals surface area contributed by atoms with Gasteiger partial charge in [0.05, 0.1) is 5.41 Å². The van der Waals surface area contributed by atoms with E-state index in [9.17, 15) is 5.11 Å². The number of hydrogen-bond acceptors (Lipinski definition) is 2. The first-order chi connectivity index (χ1) is 14.8. The molecule has 0 amide bonds. The van der Waals surface area contributed by atoms with E-state index >= 15 is 0 Å². The highest BCUT2D eigenvalue weighted by Gasteiger charge is 2.43. The van der Waals surface area contributed by atoms with E-state index in [1.807, 2.05) is 0 Å². The van der Waals surface area contributed by atoms with Crippen LogP contribution >= 0.6 is 0 Å². The van der Waals surface area contributed by atoms with Crippen LogP contribution in [0.2, 0.25) is 0 Å². The number of aliphatic hydroxyl groups excluding tert-OH is 1.